The molecule has 0 radical (unpaired) electrons. The Hall–Kier alpha value is -8.56. The summed E-state index contributed by atoms with van der Waals surface area (Å²) in [4.78, 5) is 2.47. The van der Waals surface area contributed by atoms with Gasteiger partial charge in [-0.3, -0.25) is 0 Å². The number of nitrogens with zero attached hydrogens (tertiary/aromatic N) is 1. The molecule has 1 heterocycles. The quantitative estimate of drug-likeness (QED) is 0.147. The molecule has 0 fully saturated rings. The van der Waals surface area contributed by atoms with E-state index in [1.54, 1.807) is 0 Å². The molecule has 1 unspecified atom stereocenters. The van der Waals surface area contributed by atoms with E-state index in [1.807, 2.05) is 11.3 Å². The Bertz CT molecular complexity index is 3960. The first kappa shape index (κ1) is 41.4. The Labute approximate surface area is 419 Å². The SMILES string of the molecule is CC1(c2ccccc2)c2ccccc2-c2ccc(-c3ccc(N(c4ccc5sc6ccccc6c5c4)c4ccccc4-c4ccc5c(c4)C(c4ccccc4)(c4ccccc4)c4ccccc4-5)cc3)cc21. The van der Waals surface area contributed by atoms with Crippen LogP contribution in [0.2, 0.25) is 0 Å². The van der Waals surface area contributed by atoms with Crippen LogP contribution in [0.25, 0.3) is 64.7 Å². The van der Waals surface area contributed by atoms with E-state index >= 15 is 0 Å². The van der Waals surface area contributed by atoms with E-state index in [0.717, 1.165) is 17.1 Å². The third kappa shape index (κ3) is 6.24. The number of benzene rings is 11. The summed E-state index contributed by atoms with van der Waals surface area (Å²) in [7, 11) is 0. The third-order valence-electron chi connectivity index (χ3n) is 15.7. The second kappa shape index (κ2) is 16.3. The van der Waals surface area contributed by atoms with Crippen LogP contribution in [0.3, 0.4) is 0 Å². The second-order valence-electron chi connectivity index (χ2n) is 19.3. The smallest absolute Gasteiger partial charge is 0.0713 e. The molecule has 1 nitrogen and oxygen atoms in total. The molecule has 12 aromatic rings. The molecule has 71 heavy (non-hydrogen) atoms. The lowest BCUT2D eigenvalue weighted by Crippen LogP contribution is -2.28. The molecule has 0 saturated carbocycles. The van der Waals surface area contributed by atoms with Gasteiger partial charge >= 0.3 is 0 Å². The first-order chi connectivity index (χ1) is 35.1. The predicted octanol–water partition coefficient (Wildman–Crippen LogP) is 18.6. The van der Waals surface area contributed by atoms with E-state index < -0.39 is 5.41 Å². The maximum absolute atomic E-state index is 2.49. The summed E-state index contributed by atoms with van der Waals surface area (Å²) >= 11 is 1.86. The molecule has 0 spiro atoms. The highest BCUT2D eigenvalue weighted by molar-refractivity contribution is 7.25. The normalized spacial score (nSPS) is 15.0. The molecule has 0 aliphatic heterocycles. The fourth-order valence-electron chi connectivity index (χ4n) is 12.4. The highest BCUT2D eigenvalue weighted by Crippen LogP contribution is 2.58. The van der Waals surface area contributed by atoms with E-state index in [-0.39, 0.29) is 5.41 Å². The van der Waals surface area contributed by atoms with Gasteiger partial charge in [-0.1, -0.05) is 212 Å². The number of para-hydroxylation sites is 1. The molecular formula is C69H47NS. The molecule has 2 aliphatic rings. The average Bonchev–Trinajstić information content (AvgIpc) is 4.06. The van der Waals surface area contributed by atoms with Crippen molar-refractivity contribution in [3.63, 3.8) is 0 Å². The van der Waals surface area contributed by atoms with Crippen LogP contribution >= 0.6 is 11.3 Å². The molecule has 2 heteroatoms. The molecule has 14 rings (SSSR count). The fraction of sp³-hybridized carbons (Fsp3) is 0.0435. The molecule has 0 bridgehead atoms. The topological polar surface area (TPSA) is 3.24 Å². The van der Waals surface area contributed by atoms with Crippen molar-refractivity contribution in [2.45, 2.75) is 17.8 Å². The summed E-state index contributed by atoms with van der Waals surface area (Å²) in [6.07, 6.45) is 0. The third-order valence-corrected chi connectivity index (χ3v) is 16.8. The standard InChI is InChI=1S/C69H47NS/c1-68(49-19-5-2-6-20-49)61-29-15-11-26-55(61)57-40-35-47(43-63(57)68)46-33-37-52(38-34-46)70(53-39-42-67-60(45-53)59-28-14-18-32-66(59)71-67)65-31-17-13-25-54(65)48-36-41-58-56-27-12-16-30-62(56)69(64(58)44-48,50-21-7-3-8-22-50)51-23-9-4-10-24-51/h2-45H,1H3. The first-order valence-electron chi connectivity index (χ1n) is 24.7. The van der Waals surface area contributed by atoms with Gasteiger partial charge in [0.25, 0.3) is 0 Å². The number of thiophene rings is 1. The Morgan fingerprint density at radius 3 is 1.52 bits per heavy atom. The predicted molar refractivity (Wildman–Crippen MR) is 300 cm³/mol. The zero-order valence-electron chi connectivity index (χ0n) is 39.3. The first-order valence-corrected chi connectivity index (χ1v) is 25.5. The minimum atomic E-state index is -0.501. The lowest BCUT2D eigenvalue weighted by atomic mass is 9.67. The number of hydrogen-bond acceptors (Lipinski definition) is 2. The number of hydrogen-bond donors (Lipinski definition) is 0. The summed E-state index contributed by atoms with van der Waals surface area (Å²) < 4.78 is 2.59. The average molecular weight is 922 g/mol. The van der Waals surface area contributed by atoms with Crippen molar-refractivity contribution in [1.29, 1.82) is 0 Å². The molecule has 2 aliphatic carbocycles. The molecule has 0 saturated heterocycles. The van der Waals surface area contributed by atoms with Crippen molar-refractivity contribution in [3.05, 3.63) is 306 Å². The van der Waals surface area contributed by atoms with E-state index in [9.17, 15) is 0 Å². The molecule has 11 aromatic carbocycles. The molecule has 334 valence electrons. The lowest BCUT2D eigenvalue weighted by molar-refractivity contribution is 0.714. The van der Waals surface area contributed by atoms with Gasteiger partial charge in [0, 0.05) is 42.5 Å². The zero-order valence-corrected chi connectivity index (χ0v) is 40.1. The van der Waals surface area contributed by atoms with Gasteiger partial charge in [0.15, 0.2) is 0 Å². The van der Waals surface area contributed by atoms with Crippen LogP contribution in [0.5, 0.6) is 0 Å². The molecule has 0 N–H and O–H groups in total. The summed E-state index contributed by atoms with van der Waals surface area (Å²) in [6, 6.07) is 99.5. The minimum absolute atomic E-state index is 0.268. The van der Waals surface area contributed by atoms with Crippen LogP contribution in [-0.2, 0) is 10.8 Å². The largest absolute Gasteiger partial charge is 0.310 e. The van der Waals surface area contributed by atoms with Gasteiger partial charge < -0.3 is 4.90 Å². The van der Waals surface area contributed by atoms with Crippen molar-refractivity contribution < 1.29 is 0 Å². The van der Waals surface area contributed by atoms with Crippen molar-refractivity contribution in [2.24, 2.45) is 0 Å². The van der Waals surface area contributed by atoms with Crippen LogP contribution < -0.4 is 4.90 Å². The van der Waals surface area contributed by atoms with E-state index in [4.69, 9.17) is 0 Å². The molecular weight excluding hydrogens is 875 g/mol. The Morgan fingerprint density at radius 2 is 0.803 bits per heavy atom. The number of fused-ring (bicyclic) bond motifs is 9. The number of anilines is 3. The lowest BCUT2D eigenvalue weighted by Gasteiger charge is -2.34. The van der Waals surface area contributed by atoms with Gasteiger partial charge in [0.1, 0.15) is 0 Å². The van der Waals surface area contributed by atoms with E-state index in [2.05, 4.69) is 279 Å². The highest BCUT2D eigenvalue weighted by atomic mass is 32.1. The molecule has 0 amide bonds. The fourth-order valence-corrected chi connectivity index (χ4v) is 13.4. The van der Waals surface area contributed by atoms with Crippen LogP contribution in [0.1, 0.15) is 45.9 Å². The van der Waals surface area contributed by atoms with Crippen LogP contribution in [0.4, 0.5) is 17.1 Å². The highest BCUT2D eigenvalue weighted by Gasteiger charge is 2.46. The zero-order chi connectivity index (χ0) is 47.1. The number of rotatable bonds is 8. The van der Waals surface area contributed by atoms with Gasteiger partial charge in [-0.2, -0.15) is 0 Å². The van der Waals surface area contributed by atoms with Crippen molar-refractivity contribution >= 4 is 48.6 Å². The molecule has 1 atom stereocenters. The van der Waals surface area contributed by atoms with Crippen molar-refractivity contribution in [1.82, 2.24) is 0 Å². The molecule has 1 aromatic heterocycles. The summed E-state index contributed by atoms with van der Waals surface area (Å²) in [5.74, 6) is 0. The van der Waals surface area contributed by atoms with Crippen molar-refractivity contribution in [2.75, 3.05) is 4.90 Å². The van der Waals surface area contributed by atoms with Gasteiger partial charge in [-0.15, -0.1) is 11.3 Å². The maximum atomic E-state index is 2.49. The van der Waals surface area contributed by atoms with Gasteiger partial charge in [0.2, 0.25) is 0 Å². The van der Waals surface area contributed by atoms with E-state index in [1.165, 1.54) is 104 Å². The van der Waals surface area contributed by atoms with Gasteiger partial charge in [-0.25, -0.2) is 0 Å². The van der Waals surface area contributed by atoms with Crippen LogP contribution in [0.15, 0.2) is 267 Å². The van der Waals surface area contributed by atoms with E-state index in [0.29, 0.717) is 0 Å². The summed E-state index contributed by atoms with van der Waals surface area (Å²) in [6.45, 7) is 2.39. The second-order valence-corrected chi connectivity index (χ2v) is 20.3. The summed E-state index contributed by atoms with van der Waals surface area (Å²) in [5, 5.41) is 2.56. The minimum Gasteiger partial charge on any atom is -0.310 e. The van der Waals surface area contributed by atoms with Gasteiger partial charge in [-0.05, 0) is 139 Å². The monoisotopic (exact) mass is 921 g/mol. The Kier molecular flexibility index (Phi) is 9.49. The summed E-state index contributed by atoms with van der Waals surface area (Å²) in [5.41, 5.74) is 21.6. The van der Waals surface area contributed by atoms with Crippen LogP contribution in [-0.4, -0.2) is 0 Å². The van der Waals surface area contributed by atoms with Gasteiger partial charge in [0.05, 0.1) is 11.1 Å². The van der Waals surface area contributed by atoms with Crippen molar-refractivity contribution in [3.8, 4) is 44.5 Å². The Balaban J connectivity index is 0.937. The maximum Gasteiger partial charge on any atom is 0.0713 e. The van der Waals surface area contributed by atoms with Crippen LogP contribution in [0, 0.1) is 0 Å². The Morgan fingerprint density at radius 1 is 0.310 bits per heavy atom.